The molecule has 220 valence electrons. The summed E-state index contributed by atoms with van der Waals surface area (Å²) in [4.78, 5) is 58.4. The van der Waals surface area contributed by atoms with Crippen molar-refractivity contribution in [1.82, 2.24) is 15.3 Å². The Morgan fingerprint density at radius 2 is 1.48 bits per heavy atom. The normalized spacial score (nSPS) is 20.0. The van der Waals surface area contributed by atoms with Gasteiger partial charge in [-0.15, -0.1) is 0 Å². The number of H-pyrrole nitrogens is 2. The molecule has 1 unspecified atom stereocenters. The largest absolute Gasteiger partial charge is 0.481 e. The number of carbonyl (C=O) groups excluding carboxylic acids is 2. The highest BCUT2D eigenvalue weighted by Gasteiger charge is 2.29. The van der Waals surface area contributed by atoms with E-state index in [0.29, 0.717) is 33.4 Å². The zero-order chi connectivity index (χ0) is 30.9. The summed E-state index contributed by atoms with van der Waals surface area (Å²) >= 11 is 0. The SMILES string of the molecule is C/C=C1\C(=C\c2[nH]c(/C=c3\[nH]/c(=C\C4=NC(=O)C(C)=C4C)c(C)c3CCC(=O)O)c(CCC(=O)O)c2C)NC(=O)C1C. The van der Waals surface area contributed by atoms with E-state index in [1.807, 2.05) is 52.8 Å². The van der Waals surface area contributed by atoms with Gasteiger partial charge in [-0.3, -0.25) is 19.2 Å². The van der Waals surface area contributed by atoms with Gasteiger partial charge in [0.2, 0.25) is 5.91 Å². The van der Waals surface area contributed by atoms with Gasteiger partial charge in [0.05, 0.1) is 11.6 Å². The second-order valence-electron chi connectivity index (χ2n) is 10.8. The fourth-order valence-corrected chi connectivity index (χ4v) is 5.41. The van der Waals surface area contributed by atoms with Crippen molar-refractivity contribution in [2.45, 2.75) is 67.2 Å². The van der Waals surface area contributed by atoms with Crippen LogP contribution in [0.5, 0.6) is 0 Å². The summed E-state index contributed by atoms with van der Waals surface area (Å²) in [5, 5.41) is 23.1. The van der Waals surface area contributed by atoms with Crippen molar-refractivity contribution >= 4 is 47.7 Å². The molecule has 4 heterocycles. The molecule has 2 aromatic rings. The van der Waals surface area contributed by atoms with Crippen molar-refractivity contribution in [3.05, 3.63) is 72.8 Å². The molecule has 10 nitrogen and oxygen atoms in total. The predicted molar refractivity (Wildman–Crippen MR) is 160 cm³/mol. The average molecular weight is 573 g/mol. The fraction of sp³-hybridized carbons (Fsp3) is 0.344. The standard InChI is InChI=1S/C32H36N4O6/c1-7-20-19(6)32(42)36-26(20)13-25-18(5)22(9-11-30(39)40)28(34-25)14-27-21(8-10-29(37)38)17(4)24(33-27)12-23-15(2)16(3)31(41)35-23/h7,12-14,19,33-34H,8-11H2,1-6H3,(H,36,42)(H,37,38)(H,39,40)/b20-7-,24-12-,26-13-,27-14-. The van der Waals surface area contributed by atoms with Gasteiger partial charge in [0.1, 0.15) is 0 Å². The van der Waals surface area contributed by atoms with Gasteiger partial charge in [0.25, 0.3) is 5.91 Å². The average Bonchev–Trinajstić information content (AvgIpc) is 3.56. The Kier molecular flexibility index (Phi) is 8.65. The first-order valence-electron chi connectivity index (χ1n) is 13.9. The lowest BCUT2D eigenvalue weighted by atomic mass is 10.00. The summed E-state index contributed by atoms with van der Waals surface area (Å²) in [6, 6.07) is 0. The molecule has 2 aromatic heterocycles. The maximum atomic E-state index is 12.3. The number of allylic oxidation sites excluding steroid dienone is 3. The number of carboxylic acids is 2. The first-order valence-corrected chi connectivity index (χ1v) is 13.9. The van der Waals surface area contributed by atoms with Gasteiger partial charge in [-0.25, -0.2) is 4.99 Å². The van der Waals surface area contributed by atoms with E-state index < -0.39 is 11.9 Å². The Bertz CT molecular complexity index is 1760. The number of aliphatic imine (C=N–C) groups is 1. The molecule has 1 saturated heterocycles. The Hall–Kier alpha value is -4.73. The van der Waals surface area contributed by atoms with Crippen LogP contribution in [-0.2, 0) is 32.0 Å². The van der Waals surface area contributed by atoms with Crippen molar-refractivity contribution in [2.24, 2.45) is 10.9 Å². The third-order valence-corrected chi connectivity index (χ3v) is 8.17. The van der Waals surface area contributed by atoms with Crippen LogP contribution in [0.1, 0.15) is 74.2 Å². The number of carbonyl (C=O) groups is 4. The van der Waals surface area contributed by atoms with Crippen LogP contribution in [0.15, 0.2) is 33.5 Å². The number of aromatic amines is 2. The molecule has 10 heteroatoms. The van der Waals surface area contributed by atoms with Crippen LogP contribution < -0.4 is 16.0 Å². The number of aromatic nitrogens is 2. The molecule has 0 radical (unpaired) electrons. The minimum absolute atomic E-state index is 0.0725. The van der Waals surface area contributed by atoms with Gasteiger partial charge in [-0.05, 0) is 106 Å². The van der Waals surface area contributed by atoms with E-state index in [1.54, 1.807) is 13.0 Å². The number of nitrogens with one attached hydrogen (secondary N) is 3. The van der Waals surface area contributed by atoms with Crippen molar-refractivity contribution < 1.29 is 29.4 Å². The number of amides is 2. The van der Waals surface area contributed by atoms with E-state index in [4.69, 9.17) is 0 Å². The molecular formula is C32H36N4O6. The van der Waals surface area contributed by atoms with Crippen LogP contribution in [0.2, 0.25) is 0 Å². The van der Waals surface area contributed by atoms with Gasteiger partial charge in [0.15, 0.2) is 0 Å². The summed E-state index contributed by atoms with van der Waals surface area (Å²) in [6.07, 6.45) is 7.83. The Labute approximate surface area is 243 Å². The Morgan fingerprint density at radius 1 is 0.833 bits per heavy atom. The van der Waals surface area contributed by atoms with E-state index in [1.165, 1.54) is 0 Å². The number of nitrogens with zero attached hydrogens (tertiary/aromatic N) is 1. The quantitative estimate of drug-likeness (QED) is 0.310. The highest BCUT2D eigenvalue weighted by Crippen LogP contribution is 2.29. The smallest absolute Gasteiger partial charge is 0.303 e. The summed E-state index contributed by atoms with van der Waals surface area (Å²) in [7, 11) is 0. The van der Waals surface area contributed by atoms with Crippen molar-refractivity contribution in [3.8, 4) is 0 Å². The molecule has 1 fully saturated rings. The van der Waals surface area contributed by atoms with Gasteiger partial charge < -0.3 is 25.5 Å². The summed E-state index contributed by atoms with van der Waals surface area (Å²) in [6.45, 7) is 11.1. The summed E-state index contributed by atoms with van der Waals surface area (Å²) in [5.74, 6) is -2.48. The minimum atomic E-state index is -0.924. The van der Waals surface area contributed by atoms with Gasteiger partial charge in [-0.1, -0.05) is 6.08 Å². The first-order chi connectivity index (χ1) is 19.8. The molecule has 0 aliphatic carbocycles. The number of aliphatic carboxylic acids is 2. The molecule has 42 heavy (non-hydrogen) atoms. The van der Waals surface area contributed by atoms with E-state index >= 15 is 0 Å². The molecule has 0 spiro atoms. The van der Waals surface area contributed by atoms with Gasteiger partial charge in [0, 0.05) is 46.2 Å². The van der Waals surface area contributed by atoms with Crippen LogP contribution in [0.25, 0.3) is 18.2 Å². The molecule has 4 rings (SSSR count). The lowest BCUT2D eigenvalue weighted by molar-refractivity contribution is -0.138. The summed E-state index contributed by atoms with van der Waals surface area (Å²) in [5.41, 5.74) is 8.24. The number of carboxylic acid groups (broad SMARTS) is 2. The molecule has 2 amide bonds. The first kappa shape index (κ1) is 30.2. The van der Waals surface area contributed by atoms with Gasteiger partial charge >= 0.3 is 11.9 Å². The second kappa shape index (κ2) is 12.0. The minimum Gasteiger partial charge on any atom is -0.481 e. The zero-order valence-electron chi connectivity index (χ0n) is 24.7. The maximum Gasteiger partial charge on any atom is 0.303 e. The molecule has 0 aromatic carbocycles. The topological polar surface area (TPSA) is 165 Å². The molecule has 0 saturated carbocycles. The number of hydrogen-bond donors (Lipinski definition) is 5. The van der Waals surface area contributed by atoms with Gasteiger partial charge in [-0.2, -0.15) is 0 Å². The third-order valence-electron chi connectivity index (χ3n) is 8.17. The highest BCUT2D eigenvalue weighted by atomic mass is 16.4. The van der Waals surface area contributed by atoms with Crippen LogP contribution in [0, 0.1) is 19.8 Å². The lowest BCUT2D eigenvalue weighted by Crippen LogP contribution is -2.16. The fourth-order valence-electron chi connectivity index (χ4n) is 5.41. The molecule has 0 bridgehead atoms. The molecule has 1 atom stereocenters. The van der Waals surface area contributed by atoms with Crippen LogP contribution in [0.4, 0.5) is 0 Å². The number of rotatable bonds is 9. The van der Waals surface area contributed by atoms with E-state index in [0.717, 1.165) is 39.1 Å². The molecule has 2 aliphatic rings. The van der Waals surface area contributed by atoms with E-state index in [-0.39, 0.29) is 43.4 Å². The second-order valence-corrected chi connectivity index (χ2v) is 10.8. The maximum absolute atomic E-state index is 12.3. The molecular weight excluding hydrogens is 536 g/mol. The van der Waals surface area contributed by atoms with Crippen LogP contribution in [-0.4, -0.2) is 49.6 Å². The zero-order valence-corrected chi connectivity index (χ0v) is 24.7. The molecule has 2 aliphatic heterocycles. The van der Waals surface area contributed by atoms with Crippen molar-refractivity contribution in [2.75, 3.05) is 0 Å². The highest BCUT2D eigenvalue weighted by molar-refractivity contribution is 6.30. The van der Waals surface area contributed by atoms with E-state index in [9.17, 15) is 29.4 Å². The predicted octanol–water partition coefficient (Wildman–Crippen LogP) is 2.97. The molecule has 5 N–H and O–H groups in total. The van der Waals surface area contributed by atoms with E-state index in [2.05, 4.69) is 20.3 Å². The van der Waals surface area contributed by atoms with Crippen LogP contribution >= 0.6 is 0 Å². The van der Waals surface area contributed by atoms with Crippen molar-refractivity contribution in [3.63, 3.8) is 0 Å². The third kappa shape index (κ3) is 5.97. The number of hydrogen-bond acceptors (Lipinski definition) is 4. The monoisotopic (exact) mass is 572 g/mol. The Balaban J connectivity index is 1.91. The van der Waals surface area contributed by atoms with Crippen molar-refractivity contribution in [1.29, 1.82) is 0 Å². The summed E-state index contributed by atoms with van der Waals surface area (Å²) < 4.78 is 0. The Morgan fingerprint density at radius 3 is 2.05 bits per heavy atom. The van der Waals surface area contributed by atoms with Crippen LogP contribution in [0.3, 0.4) is 0 Å². The lowest BCUT2D eigenvalue weighted by Gasteiger charge is -2.03.